The van der Waals surface area contributed by atoms with Gasteiger partial charge in [0.25, 0.3) is 5.91 Å². The Morgan fingerprint density at radius 2 is 1.77 bits per heavy atom. The monoisotopic (exact) mass is 305 g/mol. The Morgan fingerprint density at radius 3 is 2.45 bits per heavy atom. The van der Waals surface area contributed by atoms with E-state index in [9.17, 15) is 13.6 Å². The summed E-state index contributed by atoms with van der Waals surface area (Å²) >= 11 is 0. The minimum atomic E-state index is -0.931. The maximum atomic E-state index is 13.6. The lowest BCUT2D eigenvalue weighted by Crippen LogP contribution is -2.46. The van der Waals surface area contributed by atoms with Crippen molar-refractivity contribution in [2.75, 3.05) is 5.32 Å². The van der Waals surface area contributed by atoms with Crippen molar-refractivity contribution in [1.82, 2.24) is 0 Å². The van der Waals surface area contributed by atoms with E-state index in [2.05, 4.69) is 5.32 Å². The molecule has 114 valence electrons. The molecule has 0 aliphatic carbocycles. The molecule has 0 fully saturated rings. The second-order valence-corrected chi connectivity index (χ2v) is 4.92. The normalized spacial score (nSPS) is 19.6. The molecule has 0 saturated heterocycles. The summed E-state index contributed by atoms with van der Waals surface area (Å²) in [5.41, 5.74) is -0.110. The SMILES string of the molecule is CC1Oc2ccccc2OC1C(=O)Nc1ccc(F)cc1F. The Bertz CT molecular complexity index is 720. The van der Waals surface area contributed by atoms with Crippen LogP contribution in [-0.2, 0) is 4.79 Å². The molecule has 0 bridgehead atoms. The number of benzene rings is 2. The number of carbonyl (C=O) groups is 1. The van der Waals surface area contributed by atoms with Crippen LogP contribution >= 0.6 is 0 Å². The van der Waals surface area contributed by atoms with E-state index in [1.807, 2.05) is 0 Å². The van der Waals surface area contributed by atoms with E-state index in [1.54, 1.807) is 31.2 Å². The number of carbonyl (C=O) groups excluding carboxylic acids is 1. The predicted molar refractivity (Wildman–Crippen MR) is 75.9 cm³/mol. The van der Waals surface area contributed by atoms with Gasteiger partial charge in [-0.3, -0.25) is 4.79 Å². The van der Waals surface area contributed by atoms with Crippen molar-refractivity contribution in [1.29, 1.82) is 0 Å². The van der Waals surface area contributed by atoms with Crippen molar-refractivity contribution in [2.24, 2.45) is 0 Å². The number of halogens is 2. The van der Waals surface area contributed by atoms with E-state index >= 15 is 0 Å². The number of nitrogens with one attached hydrogen (secondary N) is 1. The maximum Gasteiger partial charge on any atom is 0.269 e. The van der Waals surface area contributed by atoms with Gasteiger partial charge in [0.2, 0.25) is 6.10 Å². The van der Waals surface area contributed by atoms with E-state index in [1.165, 1.54) is 0 Å². The van der Waals surface area contributed by atoms with Crippen molar-refractivity contribution >= 4 is 11.6 Å². The van der Waals surface area contributed by atoms with Crippen LogP contribution in [0, 0.1) is 11.6 Å². The van der Waals surface area contributed by atoms with E-state index in [-0.39, 0.29) is 5.69 Å². The molecule has 2 aromatic carbocycles. The van der Waals surface area contributed by atoms with Gasteiger partial charge in [0, 0.05) is 6.07 Å². The van der Waals surface area contributed by atoms with Gasteiger partial charge >= 0.3 is 0 Å². The third kappa shape index (κ3) is 2.72. The number of rotatable bonds is 2. The minimum absolute atomic E-state index is 0.110. The van der Waals surface area contributed by atoms with Crippen LogP contribution in [0.3, 0.4) is 0 Å². The Balaban J connectivity index is 1.78. The molecule has 6 heteroatoms. The molecule has 1 aliphatic rings. The van der Waals surface area contributed by atoms with E-state index in [4.69, 9.17) is 9.47 Å². The largest absolute Gasteiger partial charge is 0.482 e. The minimum Gasteiger partial charge on any atom is -0.482 e. The van der Waals surface area contributed by atoms with Crippen LogP contribution in [0.25, 0.3) is 0 Å². The topological polar surface area (TPSA) is 47.6 Å². The van der Waals surface area contributed by atoms with Crippen LogP contribution in [0.1, 0.15) is 6.92 Å². The highest BCUT2D eigenvalue weighted by atomic mass is 19.1. The first-order chi connectivity index (χ1) is 10.5. The summed E-state index contributed by atoms with van der Waals surface area (Å²) in [6.07, 6.45) is -1.47. The van der Waals surface area contributed by atoms with E-state index in [0.29, 0.717) is 17.6 Å². The average molecular weight is 305 g/mol. The van der Waals surface area contributed by atoms with Gasteiger partial charge in [0.05, 0.1) is 5.69 Å². The summed E-state index contributed by atoms with van der Waals surface area (Å²) in [5, 5.41) is 2.38. The third-order valence-corrected chi connectivity index (χ3v) is 3.29. The third-order valence-electron chi connectivity index (χ3n) is 3.29. The number of hydrogen-bond acceptors (Lipinski definition) is 3. The van der Waals surface area contributed by atoms with Crippen LogP contribution in [0.2, 0.25) is 0 Å². The fourth-order valence-corrected chi connectivity index (χ4v) is 2.20. The second-order valence-electron chi connectivity index (χ2n) is 4.92. The highest BCUT2D eigenvalue weighted by Crippen LogP contribution is 2.33. The molecule has 0 spiro atoms. The molecule has 1 aliphatic heterocycles. The van der Waals surface area contributed by atoms with Crippen molar-refractivity contribution in [3.8, 4) is 11.5 Å². The first-order valence-corrected chi connectivity index (χ1v) is 6.73. The molecule has 1 amide bonds. The highest BCUT2D eigenvalue weighted by molar-refractivity contribution is 5.95. The first-order valence-electron chi connectivity index (χ1n) is 6.73. The molecule has 1 heterocycles. The average Bonchev–Trinajstić information content (AvgIpc) is 2.49. The lowest BCUT2D eigenvalue weighted by atomic mass is 10.1. The summed E-state index contributed by atoms with van der Waals surface area (Å²) in [6, 6.07) is 9.89. The van der Waals surface area contributed by atoms with Crippen LogP contribution in [-0.4, -0.2) is 18.1 Å². The quantitative estimate of drug-likeness (QED) is 0.927. The first kappa shape index (κ1) is 14.3. The fraction of sp³-hybridized carbons (Fsp3) is 0.188. The second kappa shape index (κ2) is 5.63. The summed E-state index contributed by atoms with van der Waals surface area (Å²) < 4.78 is 37.7. The smallest absolute Gasteiger partial charge is 0.269 e. The molecular weight excluding hydrogens is 292 g/mol. The van der Waals surface area contributed by atoms with Crippen LogP contribution in [0.4, 0.5) is 14.5 Å². The zero-order valence-electron chi connectivity index (χ0n) is 11.7. The predicted octanol–water partition coefficient (Wildman–Crippen LogP) is 3.13. The number of amides is 1. The van der Waals surface area contributed by atoms with Gasteiger partial charge in [-0.1, -0.05) is 12.1 Å². The van der Waals surface area contributed by atoms with Crippen LogP contribution in [0.15, 0.2) is 42.5 Å². The molecule has 2 aromatic rings. The van der Waals surface area contributed by atoms with Crippen molar-refractivity contribution < 1.29 is 23.0 Å². The number of hydrogen-bond donors (Lipinski definition) is 1. The zero-order valence-corrected chi connectivity index (χ0v) is 11.7. The lowest BCUT2D eigenvalue weighted by Gasteiger charge is -2.31. The van der Waals surface area contributed by atoms with Gasteiger partial charge in [-0.25, -0.2) is 8.78 Å². The van der Waals surface area contributed by atoms with Gasteiger partial charge < -0.3 is 14.8 Å². The van der Waals surface area contributed by atoms with Gasteiger partial charge in [-0.15, -0.1) is 0 Å². The summed E-state index contributed by atoms with van der Waals surface area (Å²) in [5.74, 6) is -1.13. The van der Waals surface area contributed by atoms with E-state index < -0.39 is 29.7 Å². The van der Waals surface area contributed by atoms with Crippen molar-refractivity contribution in [3.05, 3.63) is 54.1 Å². The van der Waals surface area contributed by atoms with Crippen LogP contribution in [0.5, 0.6) is 11.5 Å². The van der Waals surface area contributed by atoms with Gasteiger partial charge in [-0.2, -0.15) is 0 Å². The standard InChI is InChI=1S/C16H13F2NO3/c1-9-15(22-14-5-3-2-4-13(14)21-9)16(20)19-12-7-6-10(17)8-11(12)18/h2-9,15H,1H3,(H,19,20). The Hall–Kier alpha value is -2.63. The molecule has 0 radical (unpaired) electrons. The molecule has 0 aromatic heterocycles. The maximum absolute atomic E-state index is 13.6. The number of fused-ring (bicyclic) bond motifs is 1. The Morgan fingerprint density at radius 1 is 1.09 bits per heavy atom. The van der Waals surface area contributed by atoms with Gasteiger partial charge in [0.15, 0.2) is 11.5 Å². The number of anilines is 1. The van der Waals surface area contributed by atoms with Gasteiger partial charge in [-0.05, 0) is 31.2 Å². The molecule has 1 N–H and O–H groups in total. The molecule has 0 saturated carbocycles. The molecule has 4 nitrogen and oxygen atoms in total. The molecular formula is C16H13F2NO3. The number of ether oxygens (including phenoxy) is 2. The number of para-hydroxylation sites is 2. The highest BCUT2D eigenvalue weighted by Gasteiger charge is 2.34. The lowest BCUT2D eigenvalue weighted by molar-refractivity contribution is -0.128. The molecule has 22 heavy (non-hydrogen) atoms. The Kier molecular flexibility index (Phi) is 3.66. The van der Waals surface area contributed by atoms with E-state index in [0.717, 1.165) is 12.1 Å². The zero-order chi connectivity index (χ0) is 15.7. The van der Waals surface area contributed by atoms with Crippen molar-refractivity contribution in [2.45, 2.75) is 19.1 Å². The van der Waals surface area contributed by atoms with Crippen LogP contribution < -0.4 is 14.8 Å². The summed E-state index contributed by atoms with van der Waals surface area (Å²) in [6.45, 7) is 1.68. The Labute approximate surface area is 125 Å². The van der Waals surface area contributed by atoms with Gasteiger partial charge in [0.1, 0.15) is 17.7 Å². The molecule has 2 unspecified atom stereocenters. The fourth-order valence-electron chi connectivity index (χ4n) is 2.20. The molecule has 3 rings (SSSR count). The summed E-state index contributed by atoms with van der Waals surface area (Å²) in [4.78, 5) is 12.2. The molecule has 2 atom stereocenters. The van der Waals surface area contributed by atoms with Crippen molar-refractivity contribution in [3.63, 3.8) is 0 Å². The summed E-state index contributed by atoms with van der Waals surface area (Å²) in [7, 11) is 0.